The van der Waals surface area contributed by atoms with Gasteiger partial charge in [0.1, 0.15) is 0 Å². The van der Waals surface area contributed by atoms with Gasteiger partial charge < -0.3 is 0 Å². The van der Waals surface area contributed by atoms with Crippen molar-refractivity contribution in [3.63, 3.8) is 0 Å². The van der Waals surface area contributed by atoms with Crippen LogP contribution in [0.3, 0.4) is 0 Å². The first kappa shape index (κ1) is 30.2. The summed E-state index contributed by atoms with van der Waals surface area (Å²) in [4.78, 5) is 0. The third-order valence-corrected chi connectivity index (χ3v) is 7.62. The van der Waals surface area contributed by atoms with Crippen molar-refractivity contribution in [3.05, 3.63) is 0 Å². The molecule has 0 amide bonds. The average molecular weight is 397 g/mol. The normalized spacial score (nSPS) is 34.5. The standard InChI is InChI=1S/3C8H16.2C2H6/c3*1-7-5-3-4-6-8(7)2;2*1-2/h3*7-8H,3-6H2,1-2H3;2*1-2H3/t7-,8?;2*7-,8-;;/m000../s1. The van der Waals surface area contributed by atoms with Crippen molar-refractivity contribution in [1.82, 2.24) is 0 Å². The van der Waals surface area contributed by atoms with E-state index in [9.17, 15) is 0 Å². The highest BCUT2D eigenvalue weighted by molar-refractivity contribution is 4.68. The Labute approximate surface area is 182 Å². The average Bonchev–Trinajstić information content (AvgIpc) is 2.73. The molecule has 0 heterocycles. The molecule has 0 bridgehead atoms. The zero-order valence-corrected chi connectivity index (χ0v) is 21.9. The molecule has 0 aliphatic heterocycles. The summed E-state index contributed by atoms with van der Waals surface area (Å²) in [5, 5.41) is 0. The lowest BCUT2D eigenvalue weighted by Crippen LogP contribution is -2.12. The second kappa shape index (κ2) is 20.3. The molecule has 0 N–H and O–H groups in total. The van der Waals surface area contributed by atoms with E-state index in [1.54, 1.807) is 0 Å². The van der Waals surface area contributed by atoms with Crippen LogP contribution >= 0.6 is 0 Å². The Kier molecular flexibility index (Phi) is 21.9. The Morgan fingerprint density at radius 1 is 0.286 bits per heavy atom. The molecule has 0 aromatic rings. The fourth-order valence-corrected chi connectivity index (χ4v) is 4.50. The molecular weight excluding hydrogens is 336 g/mol. The zero-order chi connectivity index (χ0) is 21.9. The van der Waals surface area contributed by atoms with Gasteiger partial charge in [0.25, 0.3) is 0 Å². The Bertz CT molecular complexity index is 217. The minimum atomic E-state index is 1.00. The SMILES string of the molecule is CC.CC.CC1CCCC[C@@H]1C.C[C@H]1CCCC[C@@H]1C.C[C@H]1CCCC[C@@H]1C. The maximum absolute atomic E-state index is 2.38. The fourth-order valence-electron chi connectivity index (χ4n) is 4.50. The zero-order valence-electron chi connectivity index (χ0n) is 21.9. The second-order valence-electron chi connectivity index (χ2n) is 9.72. The summed E-state index contributed by atoms with van der Waals surface area (Å²) in [6.45, 7) is 22.3. The molecule has 0 aromatic heterocycles. The second-order valence-corrected chi connectivity index (χ2v) is 9.72. The lowest BCUT2D eigenvalue weighted by atomic mass is 9.82. The highest BCUT2D eigenvalue weighted by atomic mass is 14.2. The van der Waals surface area contributed by atoms with Gasteiger partial charge in [0.2, 0.25) is 0 Å². The third-order valence-electron chi connectivity index (χ3n) is 7.62. The molecule has 0 spiro atoms. The summed E-state index contributed by atoms with van der Waals surface area (Å²) in [5.74, 6) is 6.02. The molecule has 28 heavy (non-hydrogen) atoms. The van der Waals surface area contributed by atoms with E-state index in [4.69, 9.17) is 0 Å². The van der Waals surface area contributed by atoms with Gasteiger partial charge in [-0.1, -0.05) is 146 Å². The highest BCUT2D eigenvalue weighted by Gasteiger charge is 2.16. The number of rotatable bonds is 0. The lowest BCUT2D eigenvalue weighted by molar-refractivity contribution is 0.277. The molecule has 3 fully saturated rings. The van der Waals surface area contributed by atoms with Crippen molar-refractivity contribution in [1.29, 1.82) is 0 Å². The van der Waals surface area contributed by atoms with Gasteiger partial charge in [0, 0.05) is 0 Å². The summed E-state index contributed by atoms with van der Waals surface area (Å²) >= 11 is 0. The smallest absolute Gasteiger partial charge is 0.0417 e. The van der Waals surface area contributed by atoms with Crippen molar-refractivity contribution in [2.45, 2.75) is 146 Å². The summed E-state index contributed by atoms with van der Waals surface area (Å²) in [6.07, 6.45) is 17.7. The van der Waals surface area contributed by atoms with E-state index >= 15 is 0 Å². The summed E-state index contributed by atoms with van der Waals surface area (Å²) in [7, 11) is 0. The fraction of sp³-hybridized carbons (Fsp3) is 1.00. The first-order chi connectivity index (χ1) is 13.4. The molecule has 3 rings (SSSR count). The van der Waals surface area contributed by atoms with Gasteiger partial charge in [0.05, 0.1) is 0 Å². The Morgan fingerprint density at radius 2 is 0.393 bits per heavy atom. The minimum absolute atomic E-state index is 1.00. The lowest BCUT2D eigenvalue weighted by Gasteiger charge is -2.24. The van der Waals surface area contributed by atoms with E-state index in [1.165, 1.54) is 77.0 Å². The molecule has 3 saturated carbocycles. The predicted octanol–water partition coefficient (Wildman–Crippen LogP) is 10.6. The quantitative estimate of drug-likeness (QED) is 0.382. The summed E-state index contributed by atoms with van der Waals surface area (Å²) < 4.78 is 0. The molecule has 0 aromatic carbocycles. The predicted molar refractivity (Wildman–Crippen MR) is 133 cm³/mol. The van der Waals surface area contributed by atoms with Gasteiger partial charge in [-0.15, -0.1) is 0 Å². The Morgan fingerprint density at radius 3 is 0.464 bits per heavy atom. The van der Waals surface area contributed by atoms with Gasteiger partial charge in [-0.2, -0.15) is 0 Å². The molecular formula is C28H60. The van der Waals surface area contributed by atoms with Crippen LogP contribution in [0.2, 0.25) is 0 Å². The van der Waals surface area contributed by atoms with Gasteiger partial charge >= 0.3 is 0 Å². The molecule has 3 aliphatic rings. The Hall–Kier alpha value is 0. The van der Waals surface area contributed by atoms with Crippen LogP contribution in [-0.2, 0) is 0 Å². The van der Waals surface area contributed by atoms with Gasteiger partial charge in [-0.25, -0.2) is 0 Å². The third kappa shape index (κ3) is 14.9. The van der Waals surface area contributed by atoms with E-state index in [0.29, 0.717) is 0 Å². The summed E-state index contributed by atoms with van der Waals surface area (Å²) in [5.41, 5.74) is 0. The number of hydrogen-bond donors (Lipinski definition) is 0. The van der Waals surface area contributed by atoms with E-state index in [1.807, 2.05) is 27.7 Å². The van der Waals surface area contributed by atoms with Crippen molar-refractivity contribution in [3.8, 4) is 0 Å². The van der Waals surface area contributed by atoms with Crippen molar-refractivity contribution in [2.75, 3.05) is 0 Å². The topological polar surface area (TPSA) is 0 Å². The van der Waals surface area contributed by atoms with Gasteiger partial charge in [0.15, 0.2) is 0 Å². The van der Waals surface area contributed by atoms with E-state index in [2.05, 4.69) is 41.5 Å². The maximum Gasteiger partial charge on any atom is -0.0417 e. The van der Waals surface area contributed by atoms with E-state index in [0.717, 1.165) is 35.5 Å². The van der Waals surface area contributed by atoms with Crippen LogP contribution in [-0.4, -0.2) is 0 Å². The molecule has 0 nitrogen and oxygen atoms in total. The van der Waals surface area contributed by atoms with Crippen LogP contribution in [0.1, 0.15) is 146 Å². The van der Waals surface area contributed by atoms with Crippen LogP contribution in [0.4, 0.5) is 0 Å². The largest absolute Gasteiger partial charge is 0.0683 e. The molecule has 1 unspecified atom stereocenters. The van der Waals surface area contributed by atoms with Crippen molar-refractivity contribution in [2.24, 2.45) is 35.5 Å². The molecule has 172 valence electrons. The van der Waals surface area contributed by atoms with Gasteiger partial charge in [-0.05, 0) is 35.5 Å². The molecule has 0 heteroatoms. The van der Waals surface area contributed by atoms with E-state index < -0.39 is 0 Å². The van der Waals surface area contributed by atoms with Crippen LogP contribution in [0, 0.1) is 35.5 Å². The monoisotopic (exact) mass is 396 g/mol. The maximum atomic E-state index is 2.38. The molecule has 0 radical (unpaired) electrons. The highest BCUT2D eigenvalue weighted by Crippen LogP contribution is 2.29. The minimum Gasteiger partial charge on any atom is -0.0683 e. The van der Waals surface area contributed by atoms with Crippen LogP contribution in [0.15, 0.2) is 0 Å². The van der Waals surface area contributed by atoms with Crippen molar-refractivity contribution < 1.29 is 0 Å². The molecule has 3 aliphatic carbocycles. The first-order valence-corrected chi connectivity index (χ1v) is 13.4. The Balaban J connectivity index is 0. The van der Waals surface area contributed by atoms with Crippen LogP contribution in [0.5, 0.6) is 0 Å². The van der Waals surface area contributed by atoms with Gasteiger partial charge in [-0.3, -0.25) is 0 Å². The summed E-state index contributed by atoms with van der Waals surface area (Å²) in [6, 6.07) is 0. The molecule has 0 saturated heterocycles. The molecule has 6 atom stereocenters. The first-order valence-electron chi connectivity index (χ1n) is 13.4. The van der Waals surface area contributed by atoms with E-state index in [-0.39, 0.29) is 0 Å². The van der Waals surface area contributed by atoms with Crippen molar-refractivity contribution >= 4 is 0 Å². The number of hydrogen-bond acceptors (Lipinski definition) is 0. The van der Waals surface area contributed by atoms with Crippen LogP contribution in [0.25, 0.3) is 0 Å². The van der Waals surface area contributed by atoms with Crippen LogP contribution < -0.4 is 0 Å².